The first-order valence-corrected chi connectivity index (χ1v) is 5.08. The average molecular weight is 223 g/mol. The fourth-order valence-corrected chi connectivity index (χ4v) is 1.59. The van der Waals surface area contributed by atoms with Crippen molar-refractivity contribution in [3.63, 3.8) is 0 Å². The summed E-state index contributed by atoms with van der Waals surface area (Å²) in [4.78, 5) is 0. The van der Waals surface area contributed by atoms with E-state index in [2.05, 4.69) is 22.6 Å². The number of hydrogen-bond acceptors (Lipinski definition) is 5. The summed E-state index contributed by atoms with van der Waals surface area (Å²) in [5.41, 5.74) is 3.65. The van der Waals surface area contributed by atoms with Crippen LogP contribution in [0.3, 0.4) is 0 Å². The number of hydrogen-bond donors (Lipinski definition) is 2. The van der Waals surface area contributed by atoms with Gasteiger partial charge in [-0.3, -0.25) is 0 Å². The molecular formula is C7H15ClN4S. The molecule has 0 saturated heterocycles. The van der Waals surface area contributed by atoms with Gasteiger partial charge in [0.25, 0.3) is 0 Å². The van der Waals surface area contributed by atoms with Gasteiger partial charge in [0.15, 0.2) is 5.17 Å². The maximum atomic E-state index is 5.18. The Balaban J connectivity index is 0.00000144. The van der Waals surface area contributed by atoms with Crippen molar-refractivity contribution in [2.75, 3.05) is 5.75 Å². The molecule has 3 N–H and O–H groups in total. The van der Waals surface area contributed by atoms with Crippen molar-refractivity contribution >= 4 is 35.0 Å². The molecule has 1 rings (SSSR count). The molecule has 4 nitrogen and oxygen atoms in total. The number of thioether (sulfide) groups is 1. The van der Waals surface area contributed by atoms with Crippen LogP contribution in [0.5, 0.6) is 0 Å². The van der Waals surface area contributed by atoms with Crippen LogP contribution >= 0.6 is 24.2 Å². The largest absolute Gasteiger partial charge is 0.301 e. The molecule has 0 radical (unpaired) electrons. The number of amidine groups is 1. The maximum absolute atomic E-state index is 5.18. The highest BCUT2D eigenvalue weighted by molar-refractivity contribution is 8.14. The minimum Gasteiger partial charge on any atom is -0.301 e. The molecule has 0 aromatic heterocycles. The molecule has 0 saturated carbocycles. The van der Waals surface area contributed by atoms with Crippen LogP contribution in [0.4, 0.5) is 0 Å². The van der Waals surface area contributed by atoms with Crippen molar-refractivity contribution in [2.24, 2.45) is 16.0 Å². The number of unbranched alkanes of at least 4 members (excludes halogenated alkanes) is 1. The molecule has 0 bridgehead atoms. The van der Waals surface area contributed by atoms with E-state index in [4.69, 9.17) is 5.84 Å². The van der Waals surface area contributed by atoms with Gasteiger partial charge in [-0.1, -0.05) is 25.1 Å². The van der Waals surface area contributed by atoms with Crippen molar-refractivity contribution in [2.45, 2.75) is 26.2 Å². The van der Waals surface area contributed by atoms with Crippen LogP contribution in [-0.2, 0) is 0 Å². The molecule has 0 atom stereocenters. The summed E-state index contributed by atoms with van der Waals surface area (Å²) in [6, 6.07) is 0. The van der Waals surface area contributed by atoms with Crippen molar-refractivity contribution in [3.8, 4) is 0 Å². The quantitative estimate of drug-likeness (QED) is 0.562. The molecule has 1 heterocycles. The van der Waals surface area contributed by atoms with Gasteiger partial charge in [-0.15, -0.1) is 17.5 Å². The van der Waals surface area contributed by atoms with E-state index in [1.165, 1.54) is 18.6 Å². The van der Waals surface area contributed by atoms with E-state index in [9.17, 15) is 0 Å². The fraction of sp³-hybridized carbons (Fsp3) is 0.714. The molecule has 0 fully saturated rings. The maximum Gasteiger partial charge on any atom is 0.197 e. The third-order valence-electron chi connectivity index (χ3n) is 1.60. The van der Waals surface area contributed by atoms with Crippen LogP contribution < -0.4 is 11.3 Å². The fourth-order valence-electron chi connectivity index (χ4n) is 0.899. The second-order valence-electron chi connectivity index (χ2n) is 2.61. The lowest BCUT2D eigenvalue weighted by molar-refractivity contribution is 0.830. The van der Waals surface area contributed by atoms with Crippen molar-refractivity contribution < 1.29 is 0 Å². The number of rotatable bonds is 3. The normalized spacial score (nSPS) is 15.5. The summed E-state index contributed by atoms with van der Waals surface area (Å²) in [5.74, 6) is 6.10. The SMILES string of the molecule is CCCCC1=NN=C(NN)SC1.Cl. The van der Waals surface area contributed by atoms with Gasteiger partial charge < -0.3 is 5.43 Å². The Labute approximate surface area is 88.8 Å². The summed E-state index contributed by atoms with van der Waals surface area (Å²) < 4.78 is 0. The van der Waals surface area contributed by atoms with Crippen LogP contribution in [0, 0.1) is 0 Å². The zero-order chi connectivity index (χ0) is 8.81. The first-order chi connectivity index (χ1) is 5.86. The Kier molecular flexibility index (Phi) is 7.03. The highest BCUT2D eigenvalue weighted by Gasteiger charge is 2.08. The van der Waals surface area contributed by atoms with E-state index in [1.54, 1.807) is 11.8 Å². The van der Waals surface area contributed by atoms with Gasteiger partial charge >= 0.3 is 0 Å². The number of nitrogens with two attached hydrogens (primary N) is 1. The second-order valence-corrected chi connectivity index (χ2v) is 3.57. The van der Waals surface area contributed by atoms with Gasteiger partial charge in [-0.05, 0) is 12.8 Å². The van der Waals surface area contributed by atoms with E-state index in [1.807, 2.05) is 0 Å². The first-order valence-electron chi connectivity index (χ1n) is 4.09. The summed E-state index contributed by atoms with van der Waals surface area (Å²) in [6.07, 6.45) is 3.46. The standard InChI is InChI=1S/C7H14N4S.ClH/c1-2-3-4-6-5-12-7(9-8)11-10-6;/h2-5,8H2,1H3,(H,9,11);1H. The number of nitrogens with zero attached hydrogens (tertiary/aromatic N) is 2. The Bertz CT molecular complexity index is 205. The molecule has 1 aliphatic heterocycles. The molecule has 0 spiro atoms. The van der Waals surface area contributed by atoms with Crippen LogP contribution in [0.15, 0.2) is 10.2 Å². The van der Waals surface area contributed by atoms with E-state index in [0.717, 1.165) is 12.2 Å². The lowest BCUT2D eigenvalue weighted by atomic mass is 10.2. The molecule has 1 aliphatic rings. The van der Waals surface area contributed by atoms with Crippen LogP contribution in [-0.4, -0.2) is 16.6 Å². The molecule has 13 heavy (non-hydrogen) atoms. The third kappa shape index (κ3) is 4.50. The number of nitrogens with one attached hydrogen (secondary N) is 1. The van der Waals surface area contributed by atoms with Crippen molar-refractivity contribution in [1.29, 1.82) is 0 Å². The number of halogens is 1. The summed E-state index contributed by atoms with van der Waals surface area (Å²) in [5, 5.41) is 8.68. The summed E-state index contributed by atoms with van der Waals surface area (Å²) >= 11 is 1.60. The molecule has 0 aromatic rings. The van der Waals surface area contributed by atoms with Crippen LogP contribution in [0.2, 0.25) is 0 Å². The Morgan fingerprint density at radius 3 is 2.77 bits per heavy atom. The van der Waals surface area contributed by atoms with E-state index in [-0.39, 0.29) is 12.4 Å². The minimum atomic E-state index is 0. The molecular weight excluding hydrogens is 208 g/mol. The van der Waals surface area contributed by atoms with E-state index in [0.29, 0.717) is 5.17 Å². The molecule has 0 unspecified atom stereocenters. The van der Waals surface area contributed by atoms with Crippen LogP contribution in [0.1, 0.15) is 26.2 Å². The van der Waals surface area contributed by atoms with Gasteiger partial charge in [-0.25, -0.2) is 5.84 Å². The zero-order valence-corrected chi connectivity index (χ0v) is 9.25. The van der Waals surface area contributed by atoms with Gasteiger partial charge in [0.1, 0.15) is 0 Å². The lowest BCUT2D eigenvalue weighted by Crippen LogP contribution is -2.29. The summed E-state index contributed by atoms with van der Waals surface area (Å²) in [6.45, 7) is 2.17. The van der Waals surface area contributed by atoms with Crippen molar-refractivity contribution in [1.82, 2.24) is 5.43 Å². The first kappa shape index (κ1) is 12.7. The topological polar surface area (TPSA) is 62.8 Å². The van der Waals surface area contributed by atoms with Gasteiger partial charge in [0, 0.05) is 5.75 Å². The molecule has 0 aliphatic carbocycles. The van der Waals surface area contributed by atoms with Gasteiger partial charge in [-0.2, -0.15) is 5.10 Å². The highest BCUT2D eigenvalue weighted by atomic mass is 35.5. The molecule has 6 heteroatoms. The van der Waals surface area contributed by atoms with Crippen LogP contribution in [0.25, 0.3) is 0 Å². The average Bonchev–Trinajstić information content (AvgIpc) is 2.15. The van der Waals surface area contributed by atoms with Gasteiger partial charge in [0.05, 0.1) is 5.71 Å². The van der Waals surface area contributed by atoms with Crippen molar-refractivity contribution in [3.05, 3.63) is 0 Å². The molecule has 0 aromatic carbocycles. The Morgan fingerprint density at radius 2 is 2.31 bits per heavy atom. The zero-order valence-electron chi connectivity index (χ0n) is 7.62. The number of hydrazine groups is 1. The third-order valence-corrected chi connectivity index (χ3v) is 2.55. The minimum absolute atomic E-state index is 0. The molecule has 76 valence electrons. The predicted octanol–water partition coefficient (Wildman–Crippen LogP) is 1.52. The Morgan fingerprint density at radius 1 is 1.54 bits per heavy atom. The monoisotopic (exact) mass is 222 g/mol. The molecule has 0 amide bonds. The second kappa shape index (κ2) is 7.17. The van der Waals surface area contributed by atoms with E-state index >= 15 is 0 Å². The predicted molar refractivity (Wildman–Crippen MR) is 61.4 cm³/mol. The smallest absolute Gasteiger partial charge is 0.197 e. The summed E-state index contributed by atoms with van der Waals surface area (Å²) in [7, 11) is 0. The Hall–Kier alpha value is -0.260. The van der Waals surface area contributed by atoms with Gasteiger partial charge in [0.2, 0.25) is 0 Å². The lowest BCUT2D eigenvalue weighted by Gasteiger charge is -2.09. The highest BCUT2D eigenvalue weighted by Crippen LogP contribution is 2.11. The van der Waals surface area contributed by atoms with E-state index < -0.39 is 0 Å².